The summed E-state index contributed by atoms with van der Waals surface area (Å²) < 4.78 is 28.5. The molecule has 1 atom stereocenters. The van der Waals surface area contributed by atoms with E-state index < -0.39 is 16.1 Å². The minimum Gasteiger partial charge on any atom is -0.344 e. The molecule has 3 aromatic carbocycles. The molecular weight excluding hydrogens is 629 g/mol. The molecule has 1 aromatic heterocycles. The third-order valence-corrected chi connectivity index (χ3v) is 10.9. The van der Waals surface area contributed by atoms with Crippen LogP contribution in [0.15, 0.2) is 76.9 Å². The Morgan fingerprint density at radius 1 is 0.958 bits per heavy atom. The number of aromatic amines is 2. The van der Waals surface area contributed by atoms with Crippen LogP contribution in [0.2, 0.25) is 0 Å². The van der Waals surface area contributed by atoms with Gasteiger partial charge in [0.25, 0.3) is 5.56 Å². The first kappa shape index (κ1) is 33.4. The van der Waals surface area contributed by atoms with Crippen molar-refractivity contribution in [2.45, 2.75) is 68.8 Å². The fourth-order valence-corrected chi connectivity index (χ4v) is 7.67. The smallest absolute Gasteiger partial charge is 0.271 e. The second-order valence-corrected chi connectivity index (χ2v) is 14.8. The molecule has 2 aliphatic carbocycles. The number of hydrogen-bond acceptors (Lipinski definition) is 6. The summed E-state index contributed by atoms with van der Waals surface area (Å²) in [5.74, 6) is -0.281. The first-order chi connectivity index (χ1) is 23.0. The van der Waals surface area contributed by atoms with E-state index in [4.69, 9.17) is 5.73 Å². The summed E-state index contributed by atoms with van der Waals surface area (Å²) >= 11 is 0. The highest BCUT2D eigenvalue weighted by molar-refractivity contribution is 7.89. The van der Waals surface area contributed by atoms with Gasteiger partial charge in [0.15, 0.2) is 0 Å². The van der Waals surface area contributed by atoms with Gasteiger partial charge < -0.3 is 16.4 Å². The van der Waals surface area contributed by atoms with Crippen LogP contribution in [0.1, 0.15) is 56.6 Å². The first-order valence-electron chi connectivity index (χ1n) is 16.4. The molecule has 2 saturated carbocycles. The summed E-state index contributed by atoms with van der Waals surface area (Å²) in [7, 11) is -3.62. The molecule has 252 valence electrons. The van der Waals surface area contributed by atoms with Gasteiger partial charge in [0.1, 0.15) is 6.04 Å². The molecule has 0 bridgehead atoms. The molecule has 6 rings (SSSR count). The number of amides is 2. The summed E-state index contributed by atoms with van der Waals surface area (Å²) in [4.78, 5) is 39.2. The molecule has 0 aliphatic heterocycles. The van der Waals surface area contributed by atoms with Crippen molar-refractivity contribution in [1.29, 1.82) is 0 Å². The van der Waals surface area contributed by atoms with Crippen molar-refractivity contribution in [2.24, 2.45) is 17.6 Å². The van der Waals surface area contributed by atoms with Crippen molar-refractivity contribution in [2.75, 3.05) is 11.9 Å². The second kappa shape index (κ2) is 13.9. The molecule has 48 heavy (non-hydrogen) atoms. The SMILES string of the molecule is C=C(C)c1cc(S(=O)(=O)NC2CC2)ccc1-c1ccc(C[C@H](NC(=O)C2CCC(CN)CC2)C(=O)Nc2ccc3c(=O)[nH][nH]c3c2)cc1. The number of allylic oxidation sites excluding steroid dienone is 1. The predicted molar refractivity (Wildman–Crippen MR) is 188 cm³/mol. The molecule has 0 unspecified atom stereocenters. The highest BCUT2D eigenvalue weighted by Gasteiger charge is 2.30. The van der Waals surface area contributed by atoms with E-state index in [0.29, 0.717) is 29.1 Å². The normalized spacial score (nSPS) is 18.7. The second-order valence-electron chi connectivity index (χ2n) is 13.1. The van der Waals surface area contributed by atoms with Crippen LogP contribution in [0.5, 0.6) is 0 Å². The molecule has 2 amide bonds. The lowest BCUT2D eigenvalue weighted by molar-refractivity contribution is -0.130. The molecule has 0 radical (unpaired) electrons. The number of aromatic nitrogens is 2. The maximum atomic E-state index is 13.7. The van der Waals surface area contributed by atoms with Crippen LogP contribution in [0.4, 0.5) is 5.69 Å². The van der Waals surface area contributed by atoms with Crippen LogP contribution < -0.4 is 26.6 Å². The van der Waals surface area contributed by atoms with Gasteiger partial charge in [-0.25, -0.2) is 13.1 Å². The number of carbonyl (C=O) groups excluding carboxylic acids is 2. The quantitative estimate of drug-likeness (QED) is 0.130. The number of nitrogens with one attached hydrogen (secondary N) is 5. The van der Waals surface area contributed by atoms with Crippen molar-refractivity contribution in [3.63, 3.8) is 0 Å². The van der Waals surface area contributed by atoms with E-state index in [1.54, 1.807) is 36.4 Å². The summed E-state index contributed by atoms with van der Waals surface area (Å²) in [5, 5.41) is 11.7. The molecule has 12 heteroatoms. The van der Waals surface area contributed by atoms with Gasteiger partial charge in [0.05, 0.1) is 15.8 Å². The number of benzene rings is 3. The van der Waals surface area contributed by atoms with Crippen LogP contribution >= 0.6 is 0 Å². The van der Waals surface area contributed by atoms with Gasteiger partial charge in [-0.15, -0.1) is 0 Å². The number of sulfonamides is 1. The maximum Gasteiger partial charge on any atom is 0.271 e. The lowest BCUT2D eigenvalue weighted by Gasteiger charge is -2.28. The molecule has 11 nitrogen and oxygen atoms in total. The van der Waals surface area contributed by atoms with Crippen LogP contribution in [0.25, 0.3) is 27.6 Å². The first-order valence-corrected chi connectivity index (χ1v) is 17.9. The summed E-state index contributed by atoms with van der Waals surface area (Å²) in [5.41, 5.74) is 10.7. The molecule has 0 spiro atoms. The summed E-state index contributed by atoms with van der Waals surface area (Å²) in [6.45, 7) is 6.54. The minimum atomic E-state index is -3.62. The maximum absolute atomic E-state index is 13.7. The van der Waals surface area contributed by atoms with Gasteiger partial charge in [0, 0.05) is 24.1 Å². The van der Waals surface area contributed by atoms with E-state index in [-0.39, 0.29) is 40.6 Å². The number of hydrogen-bond donors (Lipinski definition) is 6. The Morgan fingerprint density at radius 3 is 2.35 bits per heavy atom. The highest BCUT2D eigenvalue weighted by atomic mass is 32.2. The molecule has 7 N–H and O–H groups in total. The fraction of sp³-hybridized carbons (Fsp3) is 0.361. The van der Waals surface area contributed by atoms with Crippen molar-refractivity contribution < 1.29 is 18.0 Å². The average Bonchev–Trinajstić information content (AvgIpc) is 3.82. The van der Waals surface area contributed by atoms with Gasteiger partial charge in [-0.3, -0.25) is 24.6 Å². The largest absolute Gasteiger partial charge is 0.344 e. The molecular formula is C36H42N6O5S. The minimum absolute atomic E-state index is 0.00533. The number of carbonyl (C=O) groups is 2. The monoisotopic (exact) mass is 670 g/mol. The Labute approximate surface area is 279 Å². The number of rotatable bonds is 12. The number of nitrogens with two attached hydrogens (primary N) is 1. The topological polar surface area (TPSA) is 179 Å². The summed E-state index contributed by atoms with van der Waals surface area (Å²) in [6.07, 6.45) is 5.19. The van der Waals surface area contributed by atoms with E-state index in [1.165, 1.54) is 0 Å². The van der Waals surface area contributed by atoms with E-state index in [9.17, 15) is 22.8 Å². The van der Waals surface area contributed by atoms with Crippen LogP contribution in [0, 0.1) is 11.8 Å². The van der Waals surface area contributed by atoms with E-state index >= 15 is 0 Å². The Bertz CT molecular complexity index is 2000. The van der Waals surface area contributed by atoms with E-state index in [2.05, 4.69) is 32.1 Å². The lowest BCUT2D eigenvalue weighted by Crippen LogP contribution is -2.48. The van der Waals surface area contributed by atoms with Gasteiger partial charge in [-0.2, -0.15) is 0 Å². The third kappa shape index (κ3) is 7.61. The van der Waals surface area contributed by atoms with Crippen LogP contribution in [-0.4, -0.2) is 49.1 Å². The zero-order chi connectivity index (χ0) is 34.0. The fourth-order valence-electron chi connectivity index (χ4n) is 6.34. The zero-order valence-corrected chi connectivity index (χ0v) is 27.8. The zero-order valence-electron chi connectivity index (χ0n) is 27.0. The predicted octanol–water partition coefficient (Wildman–Crippen LogP) is 4.43. The average molecular weight is 671 g/mol. The Balaban J connectivity index is 1.22. The van der Waals surface area contributed by atoms with Gasteiger partial charge in [0.2, 0.25) is 21.8 Å². The van der Waals surface area contributed by atoms with Crippen molar-refractivity contribution in [3.8, 4) is 11.1 Å². The highest BCUT2D eigenvalue weighted by Crippen LogP contribution is 2.32. The molecule has 1 heterocycles. The van der Waals surface area contributed by atoms with Crippen molar-refractivity contribution in [1.82, 2.24) is 20.2 Å². The van der Waals surface area contributed by atoms with Crippen molar-refractivity contribution >= 4 is 44.0 Å². The van der Waals surface area contributed by atoms with Crippen molar-refractivity contribution in [3.05, 3.63) is 88.7 Å². The Morgan fingerprint density at radius 2 is 1.69 bits per heavy atom. The molecule has 4 aromatic rings. The third-order valence-electron chi connectivity index (χ3n) is 9.39. The lowest BCUT2D eigenvalue weighted by atomic mass is 9.81. The van der Waals surface area contributed by atoms with Crippen LogP contribution in [0.3, 0.4) is 0 Å². The van der Waals surface area contributed by atoms with Gasteiger partial charge in [-0.05, 0) is 110 Å². The van der Waals surface area contributed by atoms with Gasteiger partial charge in [-0.1, -0.05) is 42.5 Å². The summed E-state index contributed by atoms with van der Waals surface area (Å²) in [6, 6.07) is 16.8. The van der Waals surface area contributed by atoms with Gasteiger partial charge >= 0.3 is 0 Å². The molecule has 2 aliphatic rings. The number of anilines is 1. The van der Waals surface area contributed by atoms with E-state index in [0.717, 1.165) is 66.4 Å². The number of H-pyrrole nitrogens is 2. The molecule has 2 fully saturated rings. The van der Waals surface area contributed by atoms with Crippen LogP contribution in [-0.2, 0) is 26.0 Å². The Kier molecular flexibility index (Phi) is 9.68. The van der Waals surface area contributed by atoms with E-state index in [1.807, 2.05) is 31.2 Å². The molecule has 0 saturated heterocycles. The standard InChI is InChI=1S/C36H42N6O5S/c1-21(2)31-19-28(48(46,47)42-26-11-12-26)14-16-29(31)24-7-3-22(4-8-24)17-33(39-34(43)25-9-5-23(20-37)6-10-25)36(45)38-27-13-15-30-32(18-27)40-41-35(30)44/h3-4,7-8,13-16,18-19,23,25-26,33,42H,1,5-6,9-12,17,20,37H2,2H3,(H,38,45)(H,39,43)(H2,40,41,44)/t23?,25?,33-/m0/s1. The Hall–Kier alpha value is -4.52. The number of fused-ring (bicyclic) bond motifs is 1.